The van der Waals surface area contributed by atoms with Gasteiger partial charge in [-0.1, -0.05) is 13.8 Å². The summed E-state index contributed by atoms with van der Waals surface area (Å²) in [5, 5.41) is 16.9. The van der Waals surface area contributed by atoms with E-state index in [1.807, 2.05) is 13.8 Å². The van der Waals surface area contributed by atoms with Gasteiger partial charge >= 0.3 is 12.0 Å². The van der Waals surface area contributed by atoms with Crippen molar-refractivity contribution in [1.82, 2.24) is 10.6 Å². The molecule has 23 heavy (non-hydrogen) atoms. The molecule has 4 N–H and O–H groups in total. The van der Waals surface area contributed by atoms with E-state index in [4.69, 9.17) is 5.11 Å². The van der Waals surface area contributed by atoms with Gasteiger partial charge in [-0.15, -0.1) is 0 Å². The van der Waals surface area contributed by atoms with Crippen LogP contribution in [-0.2, 0) is 4.79 Å². The number of nitrogens with one attached hydrogen (secondary N) is 3. The van der Waals surface area contributed by atoms with Crippen LogP contribution in [0.4, 0.5) is 10.5 Å². The Morgan fingerprint density at radius 1 is 0.957 bits per heavy atom. The van der Waals surface area contributed by atoms with Gasteiger partial charge in [-0.3, -0.25) is 4.79 Å². The van der Waals surface area contributed by atoms with Gasteiger partial charge in [0, 0.05) is 17.3 Å². The third-order valence-electron chi connectivity index (χ3n) is 3.04. The highest BCUT2D eigenvalue weighted by atomic mass is 16.4. The minimum absolute atomic E-state index is 0.0176. The summed E-state index contributed by atoms with van der Waals surface area (Å²) >= 11 is 0. The number of carboxylic acid groups (broad SMARTS) is 1. The molecule has 1 atom stereocenters. The van der Waals surface area contributed by atoms with E-state index in [9.17, 15) is 14.4 Å². The third-order valence-corrected chi connectivity index (χ3v) is 3.04. The molecule has 1 aromatic carbocycles. The molecule has 3 amide bonds. The van der Waals surface area contributed by atoms with Gasteiger partial charge in [0.05, 0.1) is 0 Å². The molecule has 0 spiro atoms. The number of hydrogen-bond acceptors (Lipinski definition) is 3. The number of carbonyl (C=O) groups excluding carboxylic acids is 2. The van der Waals surface area contributed by atoms with E-state index >= 15 is 0 Å². The van der Waals surface area contributed by atoms with Gasteiger partial charge in [-0.2, -0.15) is 0 Å². The van der Waals surface area contributed by atoms with Gasteiger partial charge < -0.3 is 21.1 Å². The maximum absolute atomic E-state index is 12.1. The fourth-order valence-corrected chi connectivity index (χ4v) is 1.87. The van der Waals surface area contributed by atoms with Crippen LogP contribution in [0, 0.1) is 5.92 Å². The van der Waals surface area contributed by atoms with E-state index in [1.54, 1.807) is 26.0 Å². The average Bonchev–Trinajstić information content (AvgIpc) is 2.43. The number of carboxylic acids is 1. The largest absolute Gasteiger partial charge is 0.480 e. The maximum atomic E-state index is 12.1. The molecule has 0 heterocycles. The van der Waals surface area contributed by atoms with E-state index < -0.39 is 17.9 Å². The highest BCUT2D eigenvalue weighted by molar-refractivity contribution is 5.97. The van der Waals surface area contributed by atoms with Gasteiger partial charge in [0.2, 0.25) is 0 Å². The van der Waals surface area contributed by atoms with Crippen LogP contribution in [0.5, 0.6) is 0 Å². The lowest BCUT2D eigenvalue weighted by Crippen LogP contribution is -2.44. The molecule has 0 unspecified atom stereocenters. The van der Waals surface area contributed by atoms with Crippen LogP contribution in [-0.4, -0.2) is 35.1 Å². The highest BCUT2D eigenvalue weighted by Crippen LogP contribution is 2.11. The lowest BCUT2D eigenvalue weighted by molar-refractivity contribution is -0.140. The molecule has 1 rings (SSSR count). The van der Waals surface area contributed by atoms with Crippen molar-refractivity contribution in [3.8, 4) is 0 Å². The molecular weight excluding hydrogens is 298 g/mol. The van der Waals surface area contributed by atoms with Gasteiger partial charge in [0.25, 0.3) is 5.91 Å². The predicted molar refractivity (Wildman–Crippen MR) is 87.5 cm³/mol. The summed E-state index contributed by atoms with van der Waals surface area (Å²) < 4.78 is 0. The van der Waals surface area contributed by atoms with Crippen LogP contribution < -0.4 is 16.0 Å². The van der Waals surface area contributed by atoms with Gasteiger partial charge in [0.1, 0.15) is 6.04 Å². The minimum atomic E-state index is -1.07. The molecule has 0 radical (unpaired) electrons. The normalized spacial score (nSPS) is 11.9. The number of rotatable bonds is 6. The van der Waals surface area contributed by atoms with Crippen molar-refractivity contribution in [3.05, 3.63) is 29.8 Å². The predicted octanol–water partition coefficient (Wildman–Crippen LogP) is 2.06. The maximum Gasteiger partial charge on any atom is 0.326 e. The first-order valence-corrected chi connectivity index (χ1v) is 7.42. The van der Waals surface area contributed by atoms with Crippen molar-refractivity contribution in [2.75, 3.05) is 5.32 Å². The van der Waals surface area contributed by atoms with Gasteiger partial charge in [-0.05, 0) is 44.0 Å². The summed E-state index contributed by atoms with van der Waals surface area (Å²) in [5.74, 6) is -1.77. The van der Waals surface area contributed by atoms with Gasteiger partial charge in [-0.25, -0.2) is 9.59 Å². The van der Waals surface area contributed by atoms with E-state index in [0.717, 1.165) is 0 Å². The molecule has 0 bridgehead atoms. The Morgan fingerprint density at radius 2 is 1.52 bits per heavy atom. The first-order chi connectivity index (χ1) is 10.7. The second-order valence-electron chi connectivity index (χ2n) is 5.86. The molecule has 126 valence electrons. The Hall–Kier alpha value is -2.57. The fraction of sp³-hybridized carbons (Fsp3) is 0.438. The van der Waals surface area contributed by atoms with E-state index in [0.29, 0.717) is 11.3 Å². The number of aliphatic carboxylic acids is 1. The zero-order valence-corrected chi connectivity index (χ0v) is 13.7. The Kier molecular flexibility index (Phi) is 6.56. The number of urea groups is 1. The van der Waals surface area contributed by atoms with E-state index in [-0.39, 0.29) is 18.0 Å². The molecule has 0 saturated heterocycles. The molecule has 0 fully saturated rings. The SMILES string of the molecule is CC(C)NC(=O)Nc1ccc(C(=O)N[C@H](C(=O)O)C(C)C)cc1. The second kappa shape index (κ2) is 8.17. The summed E-state index contributed by atoms with van der Waals surface area (Å²) in [4.78, 5) is 34.7. The number of carbonyl (C=O) groups is 3. The molecule has 0 aliphatic carbocycles. The zero-order valence-electron chi connectivity index (χ0n) is 13.7. The van der Waals surface area contributed by atoms with Crippen molar-refractivity contribution in [3.63, 3.8) is 0 Å². The van der Waals surface area contributed by atoms with Crippen LogP contribution in [0.25, 0.3) is 0 Å². The highest BCUT2D eigenvalue weighted by Gasteiger charge is 2.23. The summed E-state index contributed by atoms with van der Waals surface area (Å²) in [6, 6.07) is 4.96. The van der Waals surface area contributed by atoms with Crippen molar-refractivity contribution < 1.29 is 19.5 Å². The third kappa shape index (κ3) is 5.98. The van der Waals surface area contributed by atoms with Crippen LogP contribution in [0.3, 0.4) is 0 Å². The van der Waals surface area contributed by atoms with Crippen LogP contribution in [0.15, 0.2) is 24.3 Å². The molecular formula is C16H23N3O4. The van der Waals surface area contributed by atoms with Crippen LogP contribution in [0.1, 0.15) is 38.1 Å². The monoisotopic (exact) mass is 321 g/mol. The second-order valence-corrected chi connectivity index (χ2v) is 5.86. The minimum Gasteiger partial charge on any atom is -0.480 e. The first-order valence-electron chi connectivity index (χ1n) is 7.42. The van der Waals surface area contributed by atoms with Crippen LogP contribution >= 0.6 is 0 Å². The molecule has 0 aliphatic rings. The number of amides is 3. The van der Waals surface area contributed by atoms with Crippen molar-refractivity contribution in [2.45, 2.75) is 39.8 Å². The Labute approximate surface area is 135 Å². The van der Waals surface area contributed by atoms with Crippen molar-refractivity contribution in [2.24, 2.45) is 5.92 Å². The Bertz CT molecular complexity index is 567. The summed E-state index contributed by atoms with van der Waals surface area (Å²) in [6.07, 6.45) is 0. The molecule has 7 nitrogen and oxygen atoms in total. The topological polar surface area (TPSA) is 108 Å². The fourth-order valence-electron chi connectivity index (χ4n) is 1.87. The van der Waals surface area contributed by atoms with E-state index in [2.05, 4.69) is 16.0 Å². The van der Waals surface area contributed by atoms with Gasteiger partial charge in [0.15, 0.2) is 0 Å². The zero-order chi connectivity index (χ0) is 17.6. The Balaban J connectivity index is 2.70. The first kappa shape index (κ1) is 18.5. The van der Waals surface area contributed by atoms with E-state index in [1.165, 1.54) is 12.1 Å². The smallest absolute Gasteiger partial charge is 0.326 e. The molecule has 0 aliphatic heterocycles. The van der Waals surface area contributed by atoms with Crippen LogP contribution in [0.2, 0.25) is 0 Å². The molecule has 0 saturated carbocycles. The average molecular weight is 321 g/mol. The summed E-state index contributed by atoms with van der Waals surface area (Å²) in [6.45, 7) is 7.14. The van der Waals surface area contributed by atoms with Crippen molar-refractivity contribution >= 4 is 23.6 Å². The summed E-state index contributed by atoms with van der Waals surface area (Å²) in [7, 11) is 0. The number of hydrogen-bond donors (Lipinski definition) is 4. The van der Waals surface area contributed by atoms with Crippen molar-refractivity contribution in [1.29, 1.82) is 0 Å². The standard InChI is InChI=1S/C16H23N3O4/c1-9(2)13(15(21)22)19-14(20)11-5-7-12(8-6-11)18-16(23)17-10(3)4/h5-10,13H,1-4H3,(H,19,20)(H,21,22)(H2,17,18,23)/t13-/m0/s1. The molecule has 7 heteroatoms. The lowest BCUT2D eigenvalue weighted by atomic mass is 10.0. The number of anilines is 1. The molecule has 0 aromatic heterocycles. The number of benzene rings is 1. The summed E-state index contributed by atoms with van der Waals surface area (Å²) in [5.41, 5.74) is 0.866. The quantitative estimate of drug-likeness (QED) is 0.643. The molecule has 1 aromatic rings. The lowest BCUT2D eigenvalue weighted by Gasteiger charge is -2.18. The Morgan fingerprint density at radius 3 is 1.96 bits per heavy atom.